The minimum absolute atomic E-state index is 0.988. The van der Waals surface area contributed by atoms with Crippen molar-refractivity contribution in [2.24, 2.45) is 9.98 Å². The van der Waals surface area contributed by atoms with Gasteiger partial charge in [0, 0.05) is 0 Å². The molecule has 0 radical (unpaired) electrons. The van der Waals surface area contributed by atoms with Crippen molar-refractivity contribution >= 4 is 22.8 Å². The van der Waals surface area contributed by atoms with Gasteiger partial charge in [0.25, 0.3) is 0 Å². The summed E-state index contributed by atoms with van der Waals surface area (Å²) in [6.45, 7) is 13.5. The molecule has 0 amide bonds. The fourth-order valence-corrected chi connectivity index (χ4v) is 5.06. The van der Waals surface area contributed by atoms with Crippen molar-refractivity contribution in [3.63, 3.8) is 0 Å². The van der Waals surface area contributed by atoms with E-state index in [2.05, 4.69) is 77.9 Å². The fraction of sp³-hybridized carbons (Fsp3) is 0.611. The molecule has 0 fully saturated rings. The Labute approximate surface area is 235 Å². The molecule has 2 aromatic carbocycles. The molecular weight excluding hydrogens is 460 g/mol. The van der Waals surface area contributed by atoms with E-state index < -0.39 is 0 Å². The van der Waals surface area contributed by atoms with Gasteiger partial charge in [0.1, 0.15) is 0 Å². The first-order chi connectivity index (χ1) is 18.6. The molecule has 2 nitrogen and oxygen atoms in total. The number of benzene rings is 2. The Bertz CT molecular complexity index is 998. The average Bonchev–Trinajstić information content (AvgIpc) is 2.93. The van der Waals surface area contributed by atoms with Gasteiger partial charge in [-0.05, 0) is 118 Å². The maximum Gasteiger partial charge on any atom is 0.0636 e. The lowest BCUT2D eigenvalue weighted by Gasteiger charge is -2.13. The quantitative estimate of drug-likeness (QED) is 0.131. The van der Waals surface area contributed by atoms with Gasteiger partial charge in [-0.25, -0.2) is 0 Å². The molecule has 0 aliphatic carbocycles. The third-order valence-corrected chi connectivity index (χ3v) is 7.57. The van der Waals surface area contributed by atoms with E-state index >= 15 is 0 Å². The molecule has 0 heterocycles. The normalized spacial score (nSPS) is 12.4. The molecular formula is C36H56N2. The van der Waals surface area contributed by atoms with Crippen LogP contribution in [-0.4, -0.2) is 11.4 Å². The molecule has 38 heavy (non-hydrogen) atoms. The standard InChI is InChI=1S/C36H56N2/c1-7-12-17-22-36(38-35-26-24-31(19-14-9-3)33(28-35)21-16-11-5)29(6)37-34-25-23-30(18-13-8-2)32(27-34)20-15-10-4/h23-28H,7-22H2,1-6H3. The number of nitrogens with zero attached hydrogens (tertiary/aromatic N) is 2. The molecule has 2 rings (SSSR count). The third kappa shape index (κ3) is 11.3. The van der Waals surface area contributed by atoms with Crippen LogP contribution in [0.25, 0.3) is 0 Å². The third-order valence-electron chi connectivity index (χ3n) is 7.57. The van der Waals surface area contributed by atoms with E-state index in [0.717, 1.165) is 48.5 Å². The fourth-order valence-electron chi connectivity index (χ4n) is 5.06. The Kier molecular flexibility index (Phi) is 15.9. The predicted molar refractivity (Wildman–Crippen MR) is 171 cm³/mol. The van der Waals surface area contributed by atoms with E-state index in [1.54, 1.807) is 0 Å². The summed E-state index contributed by atoms with van der Waals surface area (Å²) < 4.78 is 0. The highest BCUT2D eigenvalue weighted by molar-refractivity contribution is 6.42. The summed E-state index contributed by atoms with van der Waals surface area (Å²) in [5, 5.41) is 0. The molecule has 0 saturated heterocycles. The van der Waals surface area contributed by atoms with Gasteiger partial charge in [0.15, 0.2) is 0 Å². The molecule has 0 N–H and O–H groups in total. The molecule has 0 bridgehead atoms. The van der Waals surface area contributed by atoms with Crippen molar-refractivity contribution in [2.45, 2.75) is 144 Å². The number of hydrogen-bond acceptors (Lipinski definition) is 2. The monoisotopic (exact) mass is 516 g/mol. The topological polar surface area (TPSA) is 24.7 Å². The minimum Gasteiger partial charge on any atom is -0.252 e. The number of aryl methyl sites for hydroxylation is 4. The molecule has 0 spiro atoms. The first-order valence-corrected chi connectivity index (χ1v) is 15.9. The molecule has 0 saturated carbocycles. The summed E-state index contributed by atoms with van der Waals surface area (Å²) in [6.07, 6.45) is 19.2. The van der Waals surface area contributed by atoms with Gasteiger partial charge in [-0.2, -0.15) is 0 Å². The largest absolute Gasteiger partial charge is 0.252 e. The molecule has 0 atom stereocenters. The van der Waals surface area contributed by atoms with Gasteiger partial charge in [-0.15, -0.1) is 0 Å². The van der Waals surface area contributed by atoms with Crippen molar-refractivity contribution in [1.29, 1.82) is 0 Å². The number of unbranched alkanes of at least 4 members (excludes halogenated alkanes) is 6. The SMILES string of the molecule is CCCCCC(=Nc1ccc(CCCC)c(CCCC)c1)C(C)=Nc1ccc(CCCC)c(CCCC)c1. The highest BCUT2D eigenvalue weighted by Crippen LogP contribution is 2.25. The maximum absolute atomic E-state index is 5.23. The van der Waals surface area contributed by atoms with E-state index in [1.807, 2.05) is 0 Å². The lowest BCUT2D eigenvalue weighted by Crippen LogP contribution is -2.10. The van der Waals surface area contributed by atoms with Crippen LogP contribution in [0.3, 0.4) is 0 Å². The van der Waals surface area contributed by atoms with Crippen molar-refractivity contribution in [1.82, 2.24) is 0 Å². The first kappa shape index (κ1) is 32.0. The van der Waals surface area contributed by atoms with Gasteiger partial charge in [0.2, 0.25) is 0 Å². The molecule has 0 unspecified atom stereocenters. The van der Waals surface area contributed by atoms with Gasteiger partial charge in [0.05, 0.1) is 22.8 Å². The highest BCUT2D eigenvalue weighted by Gasteiger charge is 2.10. The number of rotatable bonds is 19. The van der Waals surface area contributed by atoms with Crippen LogP contribution in [0.5, 0.6) is 0 Å². The molecule has 0 aliphatic heterocycles. The number of aliphatic imine (C=N–C) groups is 2. The Hall–Kier alpha value is -2.22. The number of hydrogen-bond donors (Lipinski definition) is 0. The molecule has 210 valence electrons. The van der Waals surface area contributed by atoms with Gasteiger partial charge in [-0.3, -0.25) is 9.98 Å². The lowest BCUT2D eigenvalue weighted by molar-refractivity contribution is 0.743. The predicted octanol–water partition coefficient (Wildman–Crippen LogP) is 11.5. The molecule has 2 heteroatoms. The van der Waals surface area contributed by atoms with E-state index in [0.29, 0.717) is 0 Å². The van der Waals surface area contributed by atoms with Crippen LogP contribution in [0.4, 0.5) is 11.4 Å². The van der Waals surface area contributed by atoms with Crippen LogP contribution in [0, 0.1) is 0 Å². The lowest BCUT2D eigenvalue weighted by atomic mass is 9.97. The summed E-state index contributed by atoms with van der Waals surface area (Å²) in [7, 11) is 0. The van der Waals surface area contributed by atoms with Crippen molar-refractivity contribution < 1.29 is 0 Å². The van der Waals surface area contributed by atoms with Crippen molar-refractivity contribution in [2.75, 3.05) is 0 Å². The Morgan fingerprint density at radius 2 is 0.921 bits per heavy atom. The van der Waals surface area contributed by atoms with Gasteiger partial charge in [-0.1, -0.05) is 85.3 Å². The average molecular weight is 517 g/mol. The van der Waals surface area contributed by atoms with Crippen LogP contribution in [0.2, 0.25) is 0 Å². The zero-order valence-corrected chi connectivity index (χ0v) is 25.7. The minimum atomic E-state index is 0.988. The summed E-state index contributed by atoms with van der Waals surface area (Å²) in [4.78, 5) is 10.4. The summed E-state index contributed by atoms with van der Waals surface area (Å²) in [6, 6.07) is 13.8. The smallest absolute Gasteiger partial charge is 0.0636 e. The van der Waals surface area contributed by atoms with Crippen LogP contribution >= 0.6 is 0 Å². The zero-order chi connectivity index (χ0) is 27.6. The van der Waals surface area contributed by atoms with Gasteiger partial charge >= 0.3 is 0 Å². The van der Waals surface area contributed by atoms with Crippen molar-refractivity contribution in [3.8, 4) is 0 Å². The first-order valence-electron chi connectivity index (χ1n) is 15.9. The second-order valence-electron chi connectivity index (χ2n) is 11.0. The summed E-state index contributed by atoms with van der Waals surface area (Å²) >= 11 is 0. The van der Waals surface area contributed by atoms with Crippen LogP contribution < -0.4 is 0 Å². The maximum atomic E-state index is 5.23. The van der Waals surface area contributed by atoms with E-state index in [4.69, 9.17) is 9.98 Å². The molecule has 2 aromatic rings. The van der Waals surface area contributed by atoms with Crippen molar-refractivity contribution in [3.05, 3.63) is 58.7 Å². The Morgan fingerprint density at radius 1 is 0.500 bits per heavy atom. The molecule has 0 aromatic heterocycles. The second kappa shape index (κ2) is 18.9. The van der Waals surface area contributed by atoms with Gasteiger partial charge < -0.3 is 0 Å². The molecule has 0 aliphatic rings. The Morgan fingerprint density at radius 3 is 1.37 bits per heavy atom. The van der Waals surface area contributed by atoms with Crippen LogP contribution in [0.15, 0.2) is 46.4 Å². The van der Waals surface area contributed by atoms with Crippen LogP contribution in [0.1, 0.15) is 141 Å². The van der Waals surface area contributed by atoms with E-state index in [9.17, 15) is 0 Å². The second-order valence-corrected chi connectivity index (χ2v) is 11.0. The van der Waals surface area contributed by atoms with Crippen LogP contribution in [-0.2, 0) is 25.7 Å². The highest BCUT2D eigenvalue weighted by atomic mass is 14.8. The Balaban J connectivity index is 2.41. The summed E-state index contributed by atoms with van der Waals surface area (Å²) in [5.41, 5.74) is 10.4. The zero-order valence-electron chi connectivity index (χ0n) is 25.7. The summed E-state index contributed by atoms with van der Waals surface area (Å²) in [5.74, 6) is 0. The van der Waals surface area contributed by atoms with E-state index in [1.165, 1.54) is 99.3 Å². The van der Waals surface area contributed by atoms with E-state index in [-0.39, 0.29) is 0 Å².